The van der Waals surface area contributed by atoms with Gasteiger partial charge in [0, 0.05) is 0 Å². The summed E-state index contributed by atoms with van der Waals surface area (Å²) in [6, 6.07) is 0. The molecule has 0 fully saturated rings. The predicted octanol–water partition coefficient (Wildman–Crippen LogP) is 0.184. The molecule has 108 valence electrons. The van der Waals surface area contributed by atoms with Gasteiger partial charge < -0.3 is 21.5 Å². The molecule has 6 N–H and O–H groups in total. The van der Waals surface area contributed by atoms with E-state index in [9.17, 15) is 14.7 Å². The number of nitrogens with zero attached hydrogens (tertiary/aromatic N) is 3. The van der Waals surface area contributed by atoms with Crippen LogP contribution < -0.4 is 16.8 Å². The quantitative estimate of drug-likeness (QED) is 0.235. The lowest BCUT2D eigenvalue weighted by Crippen LogP contribution is -2.13. The van der Waals surface area contributed by atoms with E-state index in [0.717, 1.165) is 0 Å². The first kappa shape index (κ1) is 15.5. The number of anilines is 3. The SMILES string of the molecule is C=C(CNc1nc(N)nc(N)c1[N+](=O)[O-])OC[P+](=O)O. The Balaban J connectivity index is 2.79. The first-order valence-corrected chi connectivity index (χ1v) is 6.46. The molecule has 0 saturated carbocycles. The zero-order chi connectivity index (χ0) is 15.3. The summed E-state index contributed by atoms with van der Waals surface area (Å²) in [6.07, 6.45) is -0.425. The van der Waals surface area contributed by atoms with Gasteiger partial charge in [-0.1, -0.05) is 6.58 Å². The highest BCUT2D eigenvalue weighted by atomic mass is 31.1. The summed E-state index contributed by atoms with van der Waals surface area (Å²) >= 11 is 0. The third-order valence-electron chi connectivity index (χ3n) is 1.94. The summed E-state index contributed by atoms with van der Waals surface area (Å²) in [5, 5.41) is 13.4. The lowest BCUT2D eigenvalue weighted by atomic mass is 10.4. The first-order chi connectivity index (χ1) is 9.31. The van der Waals surface area contributed by atoms with E-state index < -0.39 is 25.0 Å². The first-order valence-electron chi connectivity index (χ1n) is 5.06. The van der Waals surface area contributed by atoms with Crippen molar-refractivity contribution in [1.82, 2.24) is 9.97 Å². The number of rotatable bonds is 7. The minimum Gasteiger partial charge on any atom is -0.450 e. The van der Waals surface area contributed by atoms with E-state index in [2.05, 4.69) is 21.9 Å². The summed E-state index contributed by atoms with van der Waals surface area (Å²) in [5.41, 5.74) is 10.2. The third kappa shape index (κ3) is 4.30. The Morgan fingerprint density at radius 2 is 2.20 bits per heavy atom. The Kier molecular flexibility index (Phi) is 5.12. The van der Waals surface area contributed by atoms with Gasteiger partial charge in [-0.15, -0.1) is 0 Å². The monoisotopic (exact) mass is 303 g/mol. The van der Waals surface area contributed by atoms with Crippen molar-refractivity contribution >= 4 is 31.3 Å². The Hall–Kier alpha value is -2.52. The van der Waals surface area contributed by atoms with Crippen molar-refractivity contribution < 1.29 is 19.1 Å². The highest BCUT2D eigenvalue weighted by Crippen LogP contribution is 2.28. The fourth-order valence-corrected chi connectivity index (χ4v) is 1.47. The van der Waals surface area contributed by atoms with Crippen LogP contribution in [-0.4, -0.2) is 32.7 Å². The standard InChI is InChI=1S/C8H11N6O5P/c1-4(19-3-20(17)18)2-11-7-5(14(15)16)6(9)12-8(10)13-7/h1-3H2,(H5-,9,10,11,12,13,17,18)/p+1. The largest absolute Gasteiger partial charge is 0.547 e. The Morgan fingerprint density at radius 1 is 1.55 bits per heavy atom. The summed E-state index contributed by atoms with van der Waals surface area (Å²) in [4.78, 5) is 25.8. The molecule has 0 bridgehead atoms. The Morgan fingerprint density at radius 3 is 2.75 bits per heavy atom. The molecule has 0 aliphatic carbocycles. The van der Waals surface area contributed by atoms with Gasteiger partial charge in [0.2, 0.25) is 17.6 Å². The molecular weight excluding hydrogens is 291 g/mol. The maximum atomic E-state index is 10.9. The second kappa shape index (κ2) is 6.59. The van der Waals surface area contributed by atoms with Crippen LogP contribution in [0.4, 0.5) is 23.3 Å². The fourth-order valence-electron chi connectivity index (χ4n) is 1.17. The van der Waals surface area contributed by atoms with Gasteiger partial charge in [-0.2, -0.15) is 14.9 Å². The number of aromatic nitrogens is 2. The average Bonchev–Trinajstić information content (AvgIpc) is 2.32. The van der Waals surface area contributed by atoms with E-state index in [1.807, 2.05) is 0 Å². The molecule has 1 aromatic heterocycles. The summed E-state index contributed by atoms with van der Waals surface area (Å²) in [7, 11) is -2.46. The molecule has 1 atom stereocenters. The van der Waals surface area contributed by atoms with Crippen molar-refractivity contribution in [3.63, 3.8) is 0 Å². The van der Waals surface area contributed by atoms with E-state index in [-0.39, 0.29) is 29.9 Å². The van der Waals surface area contributed by atoms with Crippen LogP contribution in [-0.2, 0) is 9.30 Å². The molecule has 0 amide bonds. The van der Waals surface area contributed by atoms with Crippen molar-refractivity contribution in [1.29, 1.82) is 0 Å². The van der Waals surface area contributed by atoms with Gasteiger partial charge in [0.05, 0.1) is 11.5 Å². The van der Waals surface area contributed by atoms with Crippen LogP contribution in [0.5, 0.6) is 0 Å². The van der Waals surface area contributed by atoms with Gasteiger partial charge in [-0.3, -0.25) is 10.1 Å². The number of hydrogen-bond donors (Lipinski definition) is 4. The maximum absolute atomic E-state index is 10.9. The normalized spacial score (nSPS) is 10.8. The second-order valence-corrected chi connectivity index (χ2v) is 4.40. The number of nitrogen functional groups attached to an aromatic ring is 2. The van der Waals surface area contributed by atoms with Crippen LogP contribution in [0.15, 0.2) is 12.3 Å². The Labute approximate surface area is 113 Å². The van der Waals surface area contributed by atoms with E-state index in [4.69, 9.17) is 21.1 Å². The molecule has 1 aromatic rings. The van der Waals surface area contributed by atoms with Gasteiger partial charge in [0.15, 0.2) is 0 Å². The number of nitrogens with two attached hydrogens (primary N) is 2. The van der Waals surface area contributed by atoms with Crippen LogP contribution in [0.2, 0.25) is 0 Å². The number of nitro groups is 1. The molecule has 0 aliphatic heterocycles. The van der Waals surface area contributed by atoms with E-state index in [1.165, 1.54) is 0 Å². The van der Waals surface area contributed by atoms with E-state index in [1.54, 1.807) is 0 Å². The average molecular weight is 303 g/mol. The van der Waals surface area contributed by atoms with E-state index >= 15 is 0 Å². The van der Waals surface area contributed by atoms with Crippen molar-refractivity contribution in [2.45, 2.75) is 0 Å². The second-order valence-electron chi connectivity index (χ2n) is 3.44. The molecule has 1 unspecified atom stereocenters. The topological polar surface area (TPSA) is 180 Å². The van der Waals surface area contributed by atoms with Gasteiger partial charge in [-0.25, -0.2) is 0 Å². The summed E-state index contributed by atoms with van der Waals surface area (Å²) in [5.74, 6) is -0.721. The van der Waals surface area contributed by atoms with Crippen molar-refractivity contribution in [3.8, 4) is 0 Å². The van der Waals surface area contributed by atoms with Crippen molar-refractivity contribution in [2.75, 3.05) is 29.7 Å². The molecule has 0 radical (unpaired) electrons. The molecule has 1 rings (SSSR count). The molecular formula is C8H12N6O5P+. The lowest BCUT2D eigenvalue weighted by Gasteiger charge is -2.08. The molecule has 0 aromatic carbocycles. The van der Waals surface area contributed by atoms with Crippen LogP contribution in [0, 0.1) is 10.1 Å². The molecule has 12 heteroatoms. The predicted molar refractivity (Wildman–Crippen MR) is 70.9 cm³/mol. The van der Waals surface area contributed by atoms with Crippen molar-refractivity contribution in [2.24, 2.45) is 0 Å². The van der Waals surface area contributed by atoms with Gasteiger partial charge >= 0.3 is 20.1 Å². The highest BCUT2D eigenvalue weighted by Gasteiger charge is 2.22. The van der Waals surface area contributed by atoms with Gasteiger partial charge in [0.1, 0.15) is 5.76 Å². The minimum absolute atomic E-state index is 0.0834. The van der Waals surface area contributed by atoms with E-state index in [0.29, 0.717) is 0 Å². The molecule has 20 heavy (non-hydrogen) atoms. The zero-order valence-electron chi connectivity index (χ0n) is 10.1. The molecule has 0 saturated heterocycles. The van der Waals surface area contributed by atoms with Crippen LogP contribution in [0.3, 0.4) is 0 Å². The molecule has 0 spiro atoms. The smallest absolute Gasteiger partial charge is 0.450 e. The maximum Gasteiger partial charge on any atom is 0.547 e. The fraction of sp³-hybridized carbons (Fsp3) is 0.250. The lowest BCUT2D eigenvalue weighted by molar-refractivity contribution is -0.383. The summed E-state index contributed by atoms with van der Waals surface area (Å²) < 4.78 is 15.2. The van der Waals surface area contributed by atoms with Crippen LogP contribution in [0.1, 0.15) is 0 Å². The van der Waals surface area contributed by atoms with Crippen LogP contribution in [0.25, 0.3) is 0 Å². The zero-order valence-corrected chi connectivity index (χ0v) is 11.0. The third-order valence-corrected chi connectivity index (χ3v) is 2.29. The van der Waals surface area contributed by atoms with Gasteiger partial charge in [0.25, 0.3) is 0 Å². The summed E-state index contributed by atoms with van der Waals surface area (Å²) in [6.45, 7) is 3.38. The Bertz CT molecular complexity index is 565. The molecule has 1 heterocycles. The van der Waals surface area contributed by atoms with Crippen molar-refractivity contribution in [3.05, 3.63) is 22.5 Å². The number of nitrogens with one attached hydrogen (secondary N) is 1. The highest BCUT2D eigenvalue weighted by molar-refractivity contribution is 7.37. The van der Waals surface area contributed by atoms with Gasteiger partial charge in [-0.05, 0) is 4.57 Å². The minimum atomic E-state index is -2.46. The van der Waals surface area contributed by atoms with Crippen LogP contribution >= 0.6 is 8.03 Å². The number of ether oxygens (including phenoxy) is 1. The molecule has 11 nitrogen and oxygen atoms in total. The molecule has 0 aliphatic rings. The number of hydrogen-bond acceptors (Lipinski definition) is 9.